The third-order valence-corrected chi connectivity index (χ3v) is 4.53. The molecule has 4 unspecified atom stereocenters. The Labute approximate surface area is 109 Å². The van der Waals surface area contributed by atoms with Gasteiger partial charge in [-0.3, -0.25) is 4.79 Å². The van der Waals surface area contributed by atoms with Crippen LogP contribution in [0.2, 0.25) is 0 Å². The molecule has 2 aliphatic rings. The number of hydrogen-bond acceptors (Lipinski definition) is 3. The van der Waals surface area contributed by atoms with E-state index in [2.05, 4.69) is 12.2 Å². The van der Waals surface area contributed by atoms with Crippen LogP contribution >= 0.6 is 0 Å². The Balaban J connectivity index is 1.93. The minimum Gasteiger partial charge on any atom is -0.391 e. The third-order valence-electron chi connectivity index (χ3n) is 4.53. The molecule has 0 aromatic carbocycles. The average molecular weight is 254 g/mol. The van der Waals surface area contributed by atoms with Gasteiger partial charge in [-0.05, 0) is 31.6 Å². The van der Waals surface area contributed by atoms with Gasteiger partial charge in [0.05, 0.1) is 17.7 Å². The van der Waals surface area contributed by atoms with E-state index < -0.39 is 11.6 Å². The van der Waals surface area contributed by atoms with Crippen LogP contribution in [0.3, 0.4) is 0 Å². The summed E-state index contributed by atoms with van der Waals surface area (Å²) in [5.41, 5.74) is 5.55. The van der Waals surface area contributed by atoms with Crippen LogP contribution in [0.1, 0.15) is 58.3 Å². The molecule has 2 aliphatic carbocycles. The van der Waals surface area contributed by atoms with E-state index in [9.17, 15) is 9.90 Å². The van der Waals surface area contributed by atoms with Crippen LogP contribution in [0.4, 0.5) is 0 Å². The SMILES string of the molecule is CC1CCCC(N)(C(=O)NC2CCCCC2O)C1. The van der Waals surface area contributed by atoms with Crippen molar-refractivity contribution in [3.05, 3.63) is 0 Å². The van der Waals surface area contributed by atoms with Crippen LogP contribution in [-0.2, 0) is 4.79 Å². The van der Waals surface area contributed by atoms with E-state index in [0.717, 1.165) is 51.4 Å². The highest BCUT2D eigenvalue weighted by Crippen LogP contribution is 2.31. The van der Waals surface area contributed by atoms with Crippen molar-refractivity contribution < 1.29 is 9.90 Å². The molecule has 18 heavy (non-hydrogen) atoms. The van der Waals surface area contributed by atoms with Crippen molar-refractivity contribution in [3.8, 4) is 0 Å². The van der Waals surface area contributed by atoms with Gasteiger partial charge in [0.2, 0.25) is 5.91 Å². The first-order valence-electron chi connectivity index (χ1n) is 7.29. The lowest BCUT2D eigenvalue weighted by Crippen LogP contribution is -2.60. The lowest BCUT2D eigenvalue weighted by molar-refractivity contribution is -0.130. The molecule has 0 aromatic heterocycles. The lowest BCUT2D eigenvalue weighted by atomic mass is 9.76. The zero-order valence-electron chi connectivity index (χ0n) is 11.3. The predicted octanol–water partition coefficient (Wildman–Crippen LogP) is 1.31. The third kappa shape index (κ3) is 3.04. The Hall–Kier alpha value is -0.610. The molecular weight excluding hydrogens is 228 g/mol. The van der Waals surface area contributed by atoms with Gasteiger partial charge in [-0.15, -0.1) is 0 Å². The van der Waals surface area contributed by atoms with Crippen LogP contribution in [0.15, 0.2) is 0 Å². The quantitative estimate of drug-likeness (QED) is 0.695. The van der Waals surface area contributed by atoms with Crippen molar-refractivity contribution in [2.24, 2.45) is 11.7 Å². The molecule has 2 saturated carbocycles. The summed E-state index contributed by atoms with van der Waals surface area (Å²) < 4.78 is 0. The molecule has 4 N–H and O–H groups in total. The normalized spacial score (nSPS) is 41.4. The molecule has 1 amide bonds. The smallest absolute Gasteiger partial charge is 0.240 e. The van der Waals surface area contributed by atoms with Gasteiger partial charge in [0, 0.05) is 0 Å². The highest BCUT2D eigenvalue weighted by molar-refractivity contribution is 5.86. The molecule has 0 aliphatic heterocycles. The number of hydrogen-bond donors (Lipinski definition) is 3. The molecule has 0 heterocycles. The molecule has 0 aromatic rings. The van der Waals surface area contributed by atoms with Gasteiger partial charge in [0.15, 0.2) is 0 Å². The largest absolute Gasteiger partial charge is 0.391 e. The number of rotatable bonds is 2. The first-order valence-corrected chi connectivity index (χ1v) is 7.29. The van der Waals surface area contributed by atoms with Crippen LogP contribution in [0.5, 0.6) is 0 Å². The summed E-state index contributed by atoms with van der Waals surface area (Å²) in [5, 5.41) is 12.9. The van der Waals surface area contributed by atoms with Gasteiger partial charge >= 0.3 is 0 Å². The first-order chi connectivity index (χ1) is 8.51. The number of carbonyl (C=O) groups excluding carboxylic acids is 1. The summed E-state index contributed by atoms with van der Waals surface area (Å²) in [6, 6.07) is -0.0936. The Bertz CT molecular complexity index is 308. The molecule has 0 spiro atoms. The zero-order chi connectivity index (χ0) is 13.2. The molecule has 0 radical (unpaired) electrons. The minimum atomic E-state index is -0.713. The first kappa shape index (κ1) is 13.8. The maximum Gasteiger partial charge on any atom is 0.240 e. The van der Waals surface area contributed by atoms with Crippen LogP contribution in [-0.4, -0.2) is 28.7 Å². The van der Waals surface area contributed by atoms with E-state index in [-0.39, 0.29) is 11.9 Å². The Kier molecular flexibility index (Phi) is 4.28. The Morgan fingerprint density at radius 3 is 2.67 bits per heavy atom. The number of nitrogens with two attached hydrogens (primary N) is 1. The second kappa shape index (κ2) is 5.57. The summed E-state index contributed by atoms with van der Waals surface area (Å²) in [4.78, 5) is 12.3. The second-order valence-electron chi connectivity index (χ2n) is 6.29. The van der Waals surface area contributed by atoms with Crippen molar-refractivity contribution in [1.29, 1.82) is 0 Å². The zero-order valence-corrected chi connectivity index (χ0v) is 11.3. The van der Waals surface area contributed by atoms with Crippen LogP contribution in [0, 0.1) is 5.92 Å². The molecular formula is C14H26N2O2. The number of nitrogens with one attached hydrogen (secondary N) is 1. The summed E-state index contributed by atoms with van der Waals surface area (Å²) in [5.74, 6) is 0.464. The molecule has 4 atom stereocenters. The van der Waals surface area contributed by atoms with E-state index in [4.69, 9.17) is 5.73 Å². The molecule has 2 fully saturated rings. The van der Waals surface area contributed by atoms with Crippen LogP contribution in [0.25, 0.3) is 0 Å². The van der Waals surface area contributed by atoms with Crippen LogP contribution < -0.4 is 11.1 Å². The number of amides is 1. The van der Waals surface area contributed by atoms with Crippen molar-refractivity contribution in [2.45, 2.75) is 76.0 Å². The van der Waals surface area contributed by atoms with Gasteiger partial charge in [-0.1, -0.05) is 32.6 Å². The molecule has 4 heteroatoms. The standard InChI is InChI=1S/C14H26N2O2/c1-10-5-4-8-14(15,9-10)13(18)16-11-6-2-3-7-12(11)17/h10-12,17H,2-9,15H2,1H3,(H,16,18). The van der Waals surface area contributed by atoms with E-state index in [0.29, 0.717) is 5.92 Å². The lowest BCUT2D eigenvalue weighted by Gasteiger charge is -2.38. The maximum atomic E-state index is 12.3. The maximum absolute atomic E-state index is 12.3. The second-order valence-corrected chi connectivity index (χ2v) is 6.29. The Morgan fingerprint density at radius 2 is 2.00 bits per heavy atom. The van der Waals surface area contributed by atoms with E-state index in [1.54, 1.807) is 0 Å². The number of aliphatic hydroxyl groups is 1. The monoisotopic (exact) mass is 254 g/mol. The van der Waals surface area contributed by atoms with E-state index >= 15 is 0 Å². The van der Waals surface area contributed by atoms with Gasteiger partial charge in [0.1, 0.15) is 0 Å². The fraction of sp³-hybridized carbons (Fsp3) is 0.929. The number of aliphatic hydroxyl groups excluding tert-OH is 1. The topological polar surface area (TPSA) is 75.4 Å². The van der Waals surface area contributed by atoms with Gasteiger partial charge in [-0.2, -0.15) is 0 Å². The van der Waals surface area contributed by atoms with E-state index in [1.165, 1.54) is 0 Å². The Morgan fingerprint density at radius 1 is 1.28 bits per heavy atom. The summed E-state index contributed by atoms with van der Waals surface area (Å²) in [7, 11) is 0. The molecule has 0 bridgehead atoms. The minimum absolute atomic E-state index is 0.0556. The van der Waals surface area contributed by atoms with E-state index in [1.807, 2.05) is 0 Å². The molecule has 104 valence electrons. The summed E-state index contributed by atoms with van der Waals surface area (Å²) in [6.45, 7) is 2.16. The van der Waals surface area contributed by atoms with Gasteiger partial charge in [0.25, 0.3) is 0 Å². The number of carbonyl (C=O) groups is 1. The molecule has 4 nitrogen and oxygen atoms in total. The summed E-state index contributed by atoms with van der Waals surface area (Å²) in [6.07, 6.45) is 7.13. The van der Waals surface area contributed by atoms with Crippen molar-refractivity contribution in [1.82, 2.24) is 5.32 Å². The fourth-order valence-electron chi connectivity index (χ4n) is 3.39. The van der Waals surface area contributed by atoms with Gasteiger partial charge in [-0.25, -0.2) is 0 Å². The molecule has 2 rings (SSSR count). The average Bonchev–Trinajstić information content (AvgIpc) is 2.31. The fourth-order valence-corrected chi connectivity index (χ4v) is 3.39. The van der Waals surface area contributed by atoms with Crippen molar-refractivity contribution >= 4 is 5.91 Å². The van der Waals surface area contributed by atoms with Crippen molar-refractivity contribution in [3.63, 3.8) is 0 Å². The summed E-state index contributed by atoms with van der Waals surface area (Å²) >= 11 is 0. The highest BCUT2D eigenvalue weighted by atomic mass is 16.3. The van der Waals surface area contributed by atoms with Crippen molar-refractivity contribution in [2.75, 3.05) is 0 Å². The molecule has 0 saturated heterocycles. The van der Waals surface area contributed by atoms with Gasteiger partial charge < -0.3 is 16.2 Å². The predicted molar refractivity (Wildman–Crippen MR) is 71.0 cm³/mol. The highest BCUT2D eigenvalue weighted by Gasteiger charge is 2.39.